The highest BCUT2D eigenvalue weighted by Gasteiger charge is 2.62. The van der Waals surface area contributed by atoms with Crippen LogP contribution in [0.4, 0.5) is 0 Å². The predicted molar refractivity (Wildman–Crippen MR) is 561 cm³/mol. The van der Waals surface area contributed by atoms with Crippen molar-refractivity contribution in [1.29, 1.82) is 0 Å². The average Bonchev–Trinajstić information content (AvgIpc) is 1.57. The van der Waals surface area contributed by atoms with Crippen molar-refractivity contribution in [1.82, 2.24) is 0 Å². The second-order valence-electron chi connectivity index (χ2n) is 48.7. The maximum absolute atomic E-state index is 4.15. The third-order valence-electron chi connectivity index (χ3n) is 36.7. The van der Waals surface area contributed by atoms with Crippen LogP contribution >= 0.6 is 0 Å². The third kappa shape index (κ3) is 28.8. The fourth-order valence-electron chi connectivity index (χ4n) is 25.3. The van der Waals surface area contributed by atoms with Crippen LogP contribution in [-0.4, -0.2) is 0 Å². The Labute approximate surface area is 778 Å². The summed E-state index contributed by atoms with van der Waals surface area (Å²) in [5.41, 5.74) is 32.3. The summed E-state index contributed by atoms with van der Waals surface area (Å²) in [6.45, 7) is 95.4. The van der Waals surface area contributed by atoms with Gasteiger partial charge in [0, 0.05) is 0 Å². The van der Waals surface area contributed by atoms with Crippen molar-refractivity contribution in [2.45, 2.75) is 427 Å². The average molecular weight is 1700 g/mol. The number of hydrogen-bond donors (Lipinski definition) is 0. The van der Waals surface area contributed by atoms with Crippen molar-refractivity contribution in [2.24, 2.45) is 132 Å². The summed E-state index contributed by atoms with van der Waals surface area (Å²) in [5.74, 6) is 13.4. The first-order valence-corrected chi connectivity index (χ1v) is 52.0. The summed E-state index contributed by atoms with van der Waals surface area (Å²) < 4.78 is 0. The van der Waals surface area contributed by atoms with Crippen LogP contribution in [0.25, 0.3) is 0 Å². The molecule has 9 saturated carbocycles. The van der Waals surface area contributed by atoms with E-state index in [0.29, 0.717) is 32.5 Å². The van der Waals surface area contributed by atoms with Crippen LogP contribution in [0.3, 0.4) is 0 Å². The van der Waals surface area contributed by atoms with E-state index in [1.807, 2.05) is 6.08 Å². The van der Waals surface area contributed by atoms with Crippen molar-refractivity contribution in [2.75, 3.05) is 0 Å². The van der Waals surface area contributed by atoms with E-state index in [0.717, 1.165) is 118 Å². The second-order valence-corrected chi connectivity index (χ2v) is 48.7. The van der Waals surface area contributed by atoms with Gasteiger partial charge in [0.15, 0.2) is 0 Å². The van der Waals surface area contributed by atoms with Crippen molar-refractivity contribution < 1.29 is 0 Å². The standard InChI is InChI=1S/3C15H24.8C10H16/c1-12-7-10-15(4,11-8-12)13-6-5-9-14(13,2)3;1-11(2)6-5-9-15(4)13-8-7-12(3)10-14(13)15;1-11(2)13-8-9-14-7-5-6-12(3)15(14,4)10-13;2*1-7-4-5-8-6-9(7)10(8,2)3;2*1-7(2)10-5-4-8(3)9(10)6-10;3*1-8(2)10-6-4-9(3)5-7-10;1-5-10(4)8-6-7-9(2)3/h6-7H,5,8-11H2,1-4H3;6-7,13-14H,5,8-10H2,1-4H3;7,12-13H,1,5-6,8-10H2,2-4H3;4,8-9H,5-6H2,1-3H3;8-9H,1,4-6H2,2-3H3;4,7,9H,5-6H2,1-3H3;7,9H,3-6H2,1-2H3;4,7-8H,5-6H2,1-3H3;4,6,8H,5,7H2,1-3H3;4,10H,1,5-7H2,2-3H3;5,7H,1,4,6,8H2,2-3H3/t15-;;12-,13-,15+;;;2*9-,10-;;;;/m0.1..11..../s1. The van der Waals surface area contributed by atoms with Gasteiger partial charge >= 0.3 is 0 Å². The van der Waals surface area contributed by atoms with Crippen LogP contribution in [0.1, 0.15) is 427 Å². The third-order valence-corrected chi connectivity index (χ3v) is 36.7. The molecule has 0 N–H and O–H groups in total. The summed E-state index contributed by atoms with van der Waals surface area (Å²) in [6.07, 6.45) is 76.3. The van der Waals surface area contributed by atoms with Gasteiger partial charge in [-0.15, -0.1) is 0 Å². The van der Waals surface area contributed by atoms with E-state index in [1.165, 1.54) is 244 Å². The Morgan fingerprint density at radius 1 is 0.464 bits per heavy atom. The lowest BCUT2D eigenvalue weighted by atomic mass is 9.47. The van der Waals surface area contributed by atoms with Crippen LogP contribution in [0.5, 0.6) is 0 Å². The molecule has 0 nitrogen and oxygen atoms in total. The molecule has 19 rings (SSSR count). The molecule has 0 heteroatoms. The van der Waals surface area contributed by atoms with E-state index in [1.54, 1.807) is 50.2 Å². The molecule has 700 valence electrons. The summed E-state index contributed by atoms with van der Waals surface area (Å²) in [6, 6.07) is 0. The number of hydrogen-bond acceptors (Lipinski definition) is 0. The minimum atomic E-state index is 0.452. The largest absolute Gasteiger partial charge is 0.0999 e. The summed E-state index contributed by atoms with van der Waals surface area (Å²) in [5, 5.41) is 0. The second kappa shape index (κ2) is 46.4. The number of allylic oxidation sites excluding steroid dienone is 32. The summed E-state index contributed by atoms with van der Waals surface area (Å²) in [7, 11) is 0. The molecular formula is C125H200. The first-order valence-electron chi connectivity index (χ1n) is 52.0. The van der Waals surface area contributed by atoms with Crippen molar-refractivity contribution in [3.05, 3.63) is 225 Å². The Hall–Kier alpha value is -4.94. The number of rotatable bonds is 14. The molecule has 0 spiro atoms. The molecule has 0 aliphatic heterocycles. The Bertz CT molecular complexity index is 4100. The molecule has 0 aromatic rings. The zero-order valence-corrected chi connectivity index (χ0v) is 88.3. The van der Waals surface area contributed by atoms with Crippen LogP contribution in [-0.2, 0) is 0 Å². The van der Waals surface area contributed by atoms with E-state index in [9.17, 15) is 0 Å². The first kappa shape index (κ1) is 107. The van der Waals surface area contributed by atoms with E-state index in [2.05, 4.69) is 333 Å². The van der Waals surface area contributed by atoms with Gasteiger partial charge in [0.1, 0.15) is 0 Å². The quantitative estimate of drug-likeness (QED) is 0.120. The maximum Gasteiger partial charge on any atom is -0.00735 e. The van der Waals surface area contributed by atoms with Crippen LogP contribution < -0.4 is 0 Å². The van der Waals surface area contributed by atoms with Gasteiger partial charge in [-0.25, -0.2) is 0 Å². The molecule has 19 aliphatic carbocycles. The van der Waals surface area contributed by atoms with Crippen LogP contribution in [0.2, 0.25) is 0 Å². The smallest absolute Gasteiger partial charge is 0.00735 e. The van der Waals surface area contributed by atoms with E-state index in [-0.39, 0.29) is 0 Å². The molecule has 0 heterocycles. The monoisotopic (exact) mass is 1700 g/mol. The van der Waals surface area contributed by atoms with Gasteiger partial charge in [-0.1, -0.05) is 349 Å². The number of fused-ring (bicyclic) bond motifs is 7. The van der Waals surface area contributed by atoms with Gasteiger partial charge in [0.05, 0.1) is 0 Å². The van der Waals surface area contributed by atoms with Gasteiger partial charge in [-0.3, -0.25) is 0 Å². The van der Waals surface area contributed by atoms with Crippen molar-refractivity contribution >= 4 is 0 Å². The highest BCUT2D eigenvalue weighted by molar-refractivity contribution is 5.33. The van der Waals surface area contributed by atoms with E-state index >= 15 is 0 Å². The lowest BCUT2D eigenvalue weighted by molar-refractivity contribution is -0.0273. The molecule has 16 atom stereocenters. The maximum atomic E-state index is 4.15. The lowest BCUT2D eigenvalue weighted by Gasteiger charge is -2.57. The Morgan fingerprint density at radius 3 is 1.48 bits per heavy atom. The molecule has 0 aromatic heterocycles. The highest BCUT2D eigenvalue weighted by Crippen LogP contribution is 2.70. The summed E-state index contributed by atoms with van der Waals surface area (Å²) in [4.78, 5) is 0. The minimum Gasteiger partial charge on any atom is -0.0999 e. The van der Waals surface area contributed by atoms with Gasteiger partial charge in [0.2, 0.25) is 0 Å². The van der Waals surface area contributed by atoms with E-state index < -0.39 is 0 Å². The molecule has 0 saturated heterocycles. The zero-order valence-electron chi connectivity index (χ0n) is 88.3. The molecule has 8 unspecified atom stereocenters. The van der Waals surface area contributed by atoms with Gasteiger partial charge in [0.25, 0.3) is 0 Å². The molecule has 0 radical (unpaired) electrons. The fourth-order valence-corrected chi connectivity index (χ4v) is 25.3. The van der Waals surface area contributed by atoms with Crippen molar-refractivity contribution in [3.8, 4) is 0 Å². The molecule has 19 aliphatic rings. The highest BCUT2D eigenvalue weighted by atomic mass is 14.7. The molecule has 4 bridgehead atoms. The van der Waals surface area contributed by atoms with Gasteiger partial charge in [-0.05, 0) is 434 Å². The first-order chi connectivity index (χ1) is 58.3. The van der Waals surface area contributed by atoms with Crippen molar-refractivity contribution in [3.63, 3.8) is 0 Å². The fraction of sp³-hybridized carbons (Fsp3) is 0.696. The Balaban J connectivity index is 0.000000190. The molecule has 9 fully saturated rings. The van der Waals surface area contributed by atoms with E-state index in [4.69, 9.17) is 0 Å². The minimum absolute atomic E-state index is 0.452. The normalized spacial score (nSPS) is 33.2. The Kier molecular flexibility index (Phi) is 39.8. The van der Waals surface area contributed by atoms with Crippen LogP contribution in [0, 0.1) is 132 Å². The molecule has 125 heavy (non-hydrogen) atoms. The molecular weight excluding hydrogens is 1500 g/mol. The molecule has 0 aromatic carbocycles. The molecule has 0 amide bonds. The van der Waals surface area contributed by atoms with Crippen LogP contribution in [0.15, 0.2) is 225 Å². The van der Waals surface area contributed by atoms with Gasteiger partial charge < -0.3 is 0 Å². The predicted octanol–water partition coefficient (Wildman–Crippen LogP) is 39.7. The Morgan fingerprint density at radius 2 is 1.06 bits per heavy atom. The lowest BCUT2D eigenvalue weighted by Crippen LogP contribution is -2.48. The SMILES string of the molecule is C=C(C)C1CC=C(C)CC1.C=C(C)[C@@H]1CCC2=CCC[C@@H](C)[C@]2(C)C1.C=C1CCC2CC1C2(C)C.C=C1CC[C@]2(C(C)C)C[C@H]12.C=CC(=C)CCC=C(C)C.CC(C)=CCCC1(C)C2CC=C(C)CC21.CC1=CC=C(C(C)C)CC1.CC1=CCC(C(C)C)=CC1.CC1=CCC2CC1C2(C)C.CC1=CC[C@](C)(C2=CCCC2(C)C)CC1.CC1=CC[C@]2(C(C)C)C[C@H]12. The zero-order chi connectivity index (χ0) is 93.3. The topological polar surface area (TPSA) is 0 Å². The van der Waals surface area contributed by atoms with Gasteiger partial charge in [-0.2, -0.15) is 0 Å². The summed E-state index contributed by atoms with van der Waals surface area (Å²) >= 11 is 0.